The van der Waals surface area contributed by atoms with Crippen LogP contribution in [0.2, 0.25) is 0 Å². The highest BCUT2D eigenvalue weighted by atomic mass is 32.1. The highest BCUT2D eigenvalue weighted by Gasteiger charge is 2.43. The molecular weight excluding hydrogens is 310 g/mol. The van der Waals surface area contributed by atoms with E-state index in [4.69, 9.17) is 12.2 Å². The fourth-order valence-corrected chi connectivity index (χ4v) is 4.96. The van der Waals surface area contributed by atoms with Gasteiger partial charge in [-0.25, -0.2) is 0 Å². The maximum absolute atomic E-state index is 5.70. The third-order valence-corrected chi connectivity index (χ3v) is 5.96. The lowest BCUT2D eigenvalue weighted by molar-refractivity contribution is 0.249. The van der Waals surface area contributed by atoms with Gasteiger partial charge in [-0.3, -0.25) is 4.98 Å². The van der Waals surface area contributed by atoms with Crippen molar-refractivity contribution in [1.29, 1.82) is 0 Å². The molecule has 3 nitrogen and oxygen atoms in total. The third-order valence-electron chi connectivity index (χ3n) is 4.69. The predicted molar refractivity (Wildman–Crippen MR) is 93.9 cm³/mol. The summed E-state index contributed by atoms with van der Waals surface area (Å²) in [4.78, 5) is 8.39. The Kier molecular flexibility index (Phi) is 3.84. The van der Waals surface area contributed by atoms with Crippen LogP contribution in [0.1, 0.15) is 48.3 Å². The monoisotopic (exact) mass is 329 g/mol. The number of thiophene rings is 1. The SMILES string of the molecule is S=C1N[C@@H](c2ccccn2)[C@@H](c2cccs2)N1C1CCCC1. The molecule has 0 radical (unpaired) electrons. The van der Waals surface area contributed by atoms with Gasteiger partial charge in [-0.05, 0) is 48.6 Å². The fourth-order valence-electron chi connectivity index (χ4n) is 3.71. The van der Waals surface area contributed by atoms with Crippen LogP contribution in [-0.2, 0) is 0 Å². The molecule has 1 saturated heterocycles. The topological polar surface area (TPSA) is 28.2 Å². The zero-order valence-electron chi connectivity index (χ0n) is 12.3. The Bertz CT molecular complexity index is 635. The average Bonchev–Trinajstić information content (AvgIpc) is 3.28. The molecule has 2 fully saturated rings. The summed E-state index contributed by atoms with van der Waals surface area (Å²) in [7, 11) is 0. The number of nitrogens with zero attached hydrogens (tertiary/aromatic N) is 2. The number of hydrogen-bond donors (Lipinski definition) is 1. The molecule has 0 bridgehead atoms. The lowest BCUT2D eigenvalue weighted by Gasteiger charge is -2.32. The molecule has 1 aliphatic carbocycles. The summed E-state index contributed by atoms with van der Waals surface area (Å²) < 4.78 is 0. The Hall–Kier alpha value is -1.46. The van der Waals surface area contributed by atoms with Crippen molar-refractivity contribution in [1.82, 2.24) is 15.2 Å². The van der Waals surface area contributed by atoms with Gasteiger partial charge < -0.3 is 10.2 Å². The van der Waals surface area contributed by atoms with Gasteiger partial charge in [0.25, 0.3) is 0 Å². The zero-order chi connectivity index (χ0) is 14.9. The molecule has 2 aliphatic rings. The molecule has 3 heterocycles. The molecule has 2 aromatic rings. The van der Waals surface area contributed by atoms with Gasteiger partial charge in [0.05, 0.1) is 17.8 Å². The molecule has 2 aromatic heterocycles. The van der Waals surface area contributed by atoms with E-state index in [9.17, 15) is 0 Å². The molecule has 0 spiro atoms. The molecule has 22 heavy (non-hydrogen) atoms. The van der Waals surface area contributed by atoms with Crippen molar-refractivity contribution in [2.45, 2.75) is 43.8 Å². The summed E-state index contributed by atoms with van der Waals surface area (Å²) in [5, 5.41) is 6.58. The molecular formula is C17H19N3S2. The number of nitrogens with one attached hydrogen (secondary N) is 1. The lowest BCUT2D eigenvalue weighted by atomic mass is 10.0. The highest BCUT2D eigenvalue weighted by Crippen LogP contribution is 2.43. The zero-order valence-corrected chi connectivity index (χ0v) is 13.9. The molecule has 0 amide bonds. The van der Waals surface area contributed by atoms with Crippen LogP contribution in [0.25, 0.3) is 0 Å². The summed E-state index contributed by atoms with van der Waals surface area (Å²) in [6.45, 7) is 0. The average molecular weight is 329 g/mol. The standard InChI is InChI=1S/C17H19N3S2/c21-17-19-15(13-8-3-4-10-18-13)16(14-9-5-11-22-14)20(17)12-6-1-2-7-12/h3-5,8-12,15-16H,1-2,6-7H2,(H,19,21)/t15-,16+/m0/s1. The van der Waals surface area contributed by atoms with E-state index in [-0.39, 0.29) is 12.1 Å². The van der Waals surface area contributed by atoms with Gasteiger partial charge in [0.2, 0.25) is 0 Å². The first-order chi connectivity index (χ1) is 10.8. The molecule has 0 unspecified atom stereocenters. The maximum Gasteiger partial charge on any atom is 0.170 e. The number of pyridine rings is 1. The van der Waals surface area contributed by atoms with Gasteiger partial charge >= 0.3 is 0 Å². The van der Waals surface area contributed by atoms with Crippen LogP contribution in [0.4, 0.5) is 0 Å². The minimum absolute atomic E-state index is 0.146. The van der Waals surface area contributed by atoms with Gasteiger partial charge in [0.15, 0.2) is 5.11 Å². The molecule has 2 atom stereocenters. The van der Waals surface area contributed by atoms with E-state index in [0.29, 0.717) is 6.04 Å². The number of thiocarbonyl (C=S) groups is 1. The van der Waals surface area contributed by atoms with E-state index in [1.54, 1.807) is 0 Å². The van der Waals surface area contributed by atoms with Gasteiger partial charge in [0, 0.05) is 17.1 Å². The Labute approximate surface area is 140 Å². The smallest absolute Gasteiger partial charge is 0.170 e. The highest BCUT2D eigenvalue weighted by molar-refractivity contribution is 7.80. The summed E-state index contributed by atoms with van der Waals surface area (Å²) in [6.07, 6.45) is 6.99. The molecule has 1 saturated carbocycles. The van der Waals surface area contributed by atoms with Crippen LogP contribution in [-0.4, -0.2) is 21.0 Å². The van der Waals surface area contributed by atoms with Crippen LogP contribution >= 0.6 is 23.6 Å². The minimum Gasteiger partial charge on any atom is -0.352 e. The normalized spacial score (nSPS) is 25.6. The first-order valence-corrected chi connectivity index (χ1v) is 9.16. The van der Waals surface area contributed by atoms with Crippen LogP contribution in [0.5, 0.6) is 0 Å². The van der Waals surface area contributed by atoms with Gasteiger partial charge in [-0.2, -0.15) is 0 Å². The molecule has 1 aliphatic heterocycles. The predicted octanol–water partition coefficient (Wildman–Crippen LogP) is 4.06. The van der Waals surface area contributed by atoms with Crippen molar-refractivity contribution in [2.75, 3.05) is 0 Å². The van der Waals surface area contributed by atoms with Crippen molar-refractivity contribution in [3.63, 3.8) is 0 Å². The van der Waals surface area contributed by atoms with Gasteiger partial charge in [-0.15, -0.1) is 11.3 Å². The van der Waals surface area contributed by atoms with Crippen LogP contribution in [0.15, 0.2) is 41.9 Å². The summed E-state index contributed by atoms with van der Waals surface area (Å²) in [5.41, 5.74) is 1.07. The quantitative estimate of drug-likeness (QED) is 0.860. The maximum atomic E-state index is 5.70. The Morgan fingerprint density at radius 3 is 2.73 bits per heavy atom. The third kappa shape index (κ3) is 2.42. The van der Waals surface area contributed by atoms with E-state index in [1.165, 1.54) is 30.6 Å². The Morgan fingerprint density at radius 2 is 2.05 bits per heavy atom. The van der Waals surface area contributed by atoms with E-state index in [0.717, 1.165) is 10.8 Å². The Balaban J connectivity index is 1.74. The van der Waals surface area contributed by atoms with Gasteiger partial charge in [0.1, 0.15) is 0 Å². The summed E-state index contributed by atoms with van der Waals surface area (Å²) >= 11 is 7.51. The number of hydrogen-bond acceptors (Lipinski definition) is 3. The minimum atomic E-state index is 0.146. The number of rotatable bonds is 3. The van der Waals surface area contributed by atoms with Crippen molar-refractivity contribution >= 4 is 28.7 Å². The van der Waals surface area contributed by atoms with E-state index in [2.05, 4.69) is 44.8 Å². The van der Waals surface area contributed by atoms with Crippen LogP contribution in [0.3, 0.4) is 0 Å². The second kappa shape index (κ2) is 5.97. The second-order valence-electron chi connectivity index (χ2n) is 5.99. The fraction of sp³-hybridized carbons (Fsp3) is 0.412. The van der Waals surface area contributed by atoms with E-state index < -0.39 is 0 Å². The van der Waals surface area contributed by atoms with Crippen molar-refractivity contribution in [3.8, 4) is 0 Å². The molecule has 4 rings (SSSR count). The first kappa shape index (κ1) is 14.2. The molecule has 5 heteroatoms. The van der Waals surface area contributed by atoms with Crippen LogP contribution in [0, 0.1) is 0 Å². The first-order valence-electron chi connectivity index (χ1n) is 7.88. The number of aromatic nitrogens is 1. The van der Waals surface area contributed by atoms with Crippen molar-refractivity contribution < 1.29 is 0 Å². The van der Waals surface area contributed by atoms with Crippen molar-refractivity contribution in [3.05, 3.63) is 52.5 Å². The van der Waals surface area contributed by atoms with Crippen molar-refractivity contribution in [2.24, 2.45) is 0 Å². The lowest BCUT2D eigenvalue weighted by Crippen LogP contribution is -2.37. The largest absolute Gasteiger partial charge is 0.352 e. The summed E-state index contributed by atoms with van der Waals surface area (Å²) in [5.74, 6) is 0. The second-order valence-corrected chi connectivity index (χ2v) is 7.35. The molecule has 1 N–H and O–H groups in total. The summed E-state index contributed by atoms with van der Waals surface area (Å²) in [6, 6.07) is 11.5. The van der Waals surface area contributed by atoms with E-state index >= 15 is 0 Å². The molecule has 0 aromatic carbocycles. The molecule has 114 valence electrons. The Morgan fingerprint density at radius 1 is 1.18 bits per heavy atom. The van der Waals surface area contributed by atoms with Gasteiger partial charge in [-0.1, -0.05) is 25.0 Å². The van der Waals surface area contributed by atoms with Crippen LogP contribution < -0.4 is 5.32 Å². The van der Waals surface area contributed by atoms with E-state index in [1.807, 2.05) is 23.6 Å².